The molecule has 1 amide bonds. The zero-order valence-corrected chi connectivity index (χ0v) is 11.3. The highest BCUT2D eigenvalue weighted by atomic mass is 32.2. The summed E-state index contributed by atoms with van der Waals surface area (Å²) in [4.78, 5) is 16.5. The molecule has 0 bridgehead atoms. The molecule has 1 aromatic carbocycles. The number of carbonyl (C=O) groups is 1. The van der Waals surface area contributed by atoms with Gasteiger partial charge in [0.15, 0.2) is 5.13 Å². The van der Waals surface area contributed by atoms with Gasteiger partial charge in [0.25, 0.3) is 0 Å². The van der Waals surface area contributed by atoms with Gasteiger partial charge in [-0.1, -0.05) is 12.1 Å². The van der Waals surface area contributed by atoms with Gasteiger partial charge < -0.3 is 10.4 Å². The molecular formula is C12H12N2O2S2. The van der Waals surface area contributed by atoms with Crippen molar-refractivity contribution in [1.29, 1.82) is 0 Å². The van der Waals surface area contributed by atoms with E-state index in [1.165, 1.54) is 23.1 Å². The van der Waals surface area contributed by atoms with Gasteiger partial charge in [-0.3, -0.25) is 4.79 Å². The highest BCUT2D eigenvalue weighted by molar-refractivity contribution is 8.00. The van der Waals surface area contributed by atoms with E-state index >= 15 is 0 Å². The number of hydrogen-bond donors (Lipinski definition) is 2. The van der Waals surface area contributed by atoms with E-state index < -0.39 is 0 Å². The smallest absolute Gasteiger partial charge is 0.236 e. The van der Waals surface area contributed by atoms with E-state index in [4.69, 9.17) is 0 Å². The number of benzene rings is 1. The fourth-order valence-electron chi connectivity index (χ4n) is 1.29. The predicted molar refractivity (Wildman–Crippen MR) is 74.3 cm³/mol. The van der Waals surface area contributed by atoms with Crippen LogP contribution in [0.2, 0.25) is 0 Å². The number of phenols is 1. The standard InChI is InChI=1S/C12H12N2O2S2/c1-8-6-18-12(13-8)14-11(16)7-17-10-5-3-2-4-9(10)15/h2-6,15H,7H2,1H3,(H,13,14,16). The van der Waals surface area contributed by atoms with Crippen molar-refractivity contribution in [1.82, 2.24) is 4.98 Å². The van der Waals surface area contributed by atoms with Crippen LogP contribution in [0.25, 0.3) is 0 Å². The lowest BCUT2D eigenvalue weighted by Crippen LogP contribution is -2.13. The maximum Gasteiger partial charge on any atom is 0.236 e. The van der Waals surface area contributed by atoms with Crippen LogP contribution < -0.4 is 5.32 Å². The highest BCUT2D eigenvalue weighted by Gasteiger charge is 2.07. The van der Waals surface area contributed by atoms with E-state index in [2.05, 4.69) is 10.3 Å². The normalized spacial score (nSPS) is 10.3. The van der Waals surface area contributed by atoms with Gasteiger partial charge in [0.05, 0.1) is 11.4 Å². The van der Waals surface area contributed by atoms with Crippen LogP contribution in [-0.4, -0.2) is 21.8 Å². The third-order valence-electron chi connectivity index (χ3n) is 2.09. The molecule has 4 nitrogen and oxygen atoms in total. The van der Waals surface area contributed by atoms with Crippen LogP contribution in [0.3, 0.4) is 0 Å². The summed E-state index contributed by atoms with van der Waals surface area (Å²) < 4.78 is 0. The van der Waals surface area contributed by atoms with Gasteiger partial charge in [-0.2, -0.15) is 0 Å². The third kappa shape index (κ3) is 3.48. The molecule has 0 saturated carbocycles. The maximum atomic E-state index is 11.7. The zero-order chi connectivity index (χ0) is 13.0. The fraction of sp³-hybridized carbons (Fsp3) is 0.167. The lowest BCUT2D eigenvalue weighted by atomic mass is 10.3. The number of aromatic nitrogens is 1. The van der Waals surface area contributed by atoms with Gasteiger partial charge in [-0.05, 0) is 19.1 Å². The van der Waals surface area contributed by atoms with Crippen molar-refractivity contribution in [3.63, 3.8) is 0 Å². The van der Waals surface area contributed by atoms with Crippen LogP contribution in [0.5, 0.6) is 5.75 Å². The first-order chi connectivity index (χ1) is 8.65. The van der Waals surface area contributed by atoms with Crippen molar-refractivity contribution in [2.45, 2.75) is 11.8 Å². The number of nitrogens with one attached hydrogen (secondary N) is 1. The van der Waals surface area contributed by atoms with Crippen LogP contribution in [0.4, 0.5) is 5.13 Å². The molecule has 94 valence electrons. The summed E-state index contributed by atoms with van der Waals surface area (Å²) in [6.07, 6.45) is 0. The lowest BCUT2D eigenvalue weighted by Gasteiger charge is -2.03. The second-order valence-corrected chi connectivity index (χ2v) is 5.47. The molecule has 6 heteroatoms. The Morgan fingerprint density at radius 3 is 2.94 bits per heavy atom. The summed E-state index contributed by atoms with van der Waals surface area (Å²) in [5, 5.41) is 14.8. The van der Waals surface area contributed by atoms with Crippen molar-refractivity contribution >= 4 is 34.1 Å². The van der Waals surface area contributed by atoms with Gasteiger partial charge in [0.1, 0.15) is 5.75 Å². The van der Waals surface area contributed by atoms with Gasteiger partial charge in [0.2, 0.25) is 5.91 Å². The minimum Gasteiger partial charge on any atom is -0.507 e. The first-order valence-corrected chi connectivity index (χ1v) is 7.14. The zero-order valence-electron chi connectivity index (χ0n) is 9.71. The second-order valence-electron chi connectivity index (χ2n) is 3.60. The Hall–Kier alpha value is -1.53. The number of thioether (sulfide) groups is 1. The summed E-state index contributed by atoms with van der Waals surface area (Å²) >= 11 is 2.70. The van der Waals surface area contributed by atoms with E-state index in [-0.39, 0.29) is 17.4 Å². The number of para-hydroxylation sites is 1. The average Bonchev–Trinajstić information content (AvgIpc) is 2.74. The molecular weight excluding hydrogens is 268 g/mol. The molecule has 0 aliphatic heterocycles. The third-order valence-corrected chi connectivity index (χ3v) is 4.03. The lowest BCUT2D eigenvalue weighted by molar-refractivity contribution is -0.113. The van der Waals surface area contributed by atoms with Crippen molar-refractivity contribution in [2.24, 2.45) is 0 Å². The monoisotopic (exact) mass is 280 g/mol. The number of amides is 1. The van der Waals surface area contributed by atoms with E-state index in [0.29, 0.717) is 10.0 Å². The number of thiazole rings is 1. The van der Waals surface area contributed by atoms with Crippen LogP contribution in [0.15, 0.2) is 34.5 Å². The number of nitrogens with zero attached hydrogens (tertiary/aromatic N) is 1. The predicted octanol–water partition coefficient (Wildman–Crippen LogP) is 2.89. The van der Waals surface area contributed by atoms with E-state index in [9.17, 15) is 9.90 Å². The molecule has 0 fully saturated rings. The maximum absolute atomic E-state index is 11.7. The molecule has 0 atom stereocenters. The molecule has 2 rings (SSSR count). The quantitative estimate of drug-likeness (QED) is 0.845. The van der Waals surface area contributed by atoms with Crippen molar-refractivity contribution in [2.75, 3.05) is 11.1 Å². The molecule has 2 N–H and O–H groups in total. The van der Waals surface area contributed by atoms with Gasteiger partial charge in [-0.15, -0.1) is 23.1 Å². The minimum absolute atomic E-state index is 0.127. The van der Waals surface area contributed by atoms with Crippen LogP contribution in [0.1, 0.15) is 5.69 Å². The van der Waals surface area contributed by atoms with Gasteiger partial charge >= 0.3 is 0 Å². The first kappa shape index (κ1) is 12.9. The summed E-state index contributed by atoms with van der Waals surface area (Å²) in [5.74, 6) is 0.314. The second kappa shape index (κ2) is 5.88. The summed E-state index contributed by atoms with van der Waals surface area (Å²) in [5.41, 5.74) is 0.892. The number of anilines is 1. The van der Waals surface area contributed by atoms with Crippen LogP contribution in [-0.2, 0) is 4.79 Å². The molecule has 0 radical (unpaired) electrons. The Balaban J connectivity index is 1.87. The Morgan fingerprint density at radius 1 is 1.50 bits per heavy atom. The number of aryl methyl sites for hydroxylation is 1. The Morgan fingerprint density at radius 2 is 2.28 bits per heavy atom. The molecule has 2 aromatic rings. The van der Waals surface area contributed by atoms with E-state index in [1.807, 2.05) is 18.4 Å². The summed E-state index contributed by atoms with van der Waals surface area (Å²) in [6, 6.07) is 6.95. The molecule has 1 aromatic heterocycles. The molecule has 0 spiro atoms. The molecule has 0 saturated heterocycles. The number of rotatable bonds is 4. The van der Waals surface area contributed by atoms with Crippen molar-refractivity contribution in [3.05, 3.63) is 35.3 Å². The number of aromatic hydroxyl groups is 1. The summed E-state index contributed by atoms with van der Waals surface area (Å²) in [7, 11) is 0. The Labute approximate surface area is 113 Å². The van der Waals surface area contributed by atoms with Crippen LogP contribution in [0, 0.1) is 6.92 Å². The Kier molecular flexibility index (Phi) is 4.22. The number of hydrogen-bond acceptors (Lipinski definition) is 5. The molecule has 0 aliphatic carbocycles. The SMILES string of the molecule is Cc1csc(NC(=O)CSc2ccccc2O)n1. The highest BCUT2D eigenvalue weighted by Crippen LogP contribution is 2.27. The molecule has 0 unspecified atom stereocenters. The molecule has 0 aliphatic rings. The van der Waals surface area contributed by atoms with Crippen molar-refractivity contribution in [3.8, 4) is 5.75 Å². The summed E-state index contributed by atoms with van der Waals surface area (Å²) in [6.45, 7) is 1.88. The van der Waals surface area contributed by atoms with Gasteiger partial charge in [-0.25, -0.2) is 4.98 Å². The van der Waals surface area contributed by atoms with Crippen molar-refractivity contribution < 1.29 is 9.90 Å². The van der Waals surface area contributed by atoms with Crippen LogP contribution >= 0.6 is 23.1 Å². The van der Waals surface area contributed by atoms with E-state index in [0.717, 1.165) is 5.69 Å². The topological polar surface area (TPSA) is 62.2 Å². The molecule has 1 heterocycles. The molecule has 18 heavy (non-hydrogen) atoms. The van der Waals surface area contributed by atoms with Gasteiger partial charge in [0, 0.05) is 10.3 Å². The number of carbonyl (C=O) groups excluding carboxylic acids is 1. The fourth-order valence-corrected chi connectivity index (χ4v) is 2.74. The average molecular weight is 280 g/mol. The first-order valence-electron chi connectivity index (χ1n) is 5.28. The Bertz CT molecular complexity index is 555. The minimum atomic E-state index is -0.127. The van der Waals surface area contributed by atoms with E-state index in [1.54, 1.807) is 18.2 Å². The largest absolute Gasteiger partial charge is 0.507 e. The number of phenolic OH excluding ortho intramolecular Hbond substituents is 1.